The first-order chi connectivity index (χ1) is 11.4. The number of rotatable bonds is 5. The van der Waals surface area contributed by atoms with Crippen LogP contribution in [0.2, 0.25) is 0 Å². The lowest BCUT2D eigenvalue weighted by atomic mass is 10.1. The summed E-state index contributed by atoms with van der Waals surface area (Å²) in [5.74, 6) is 1.04. The second-order valence-corrected chi connectivity index (χ2v) is 6.60. The van der Waals surface area contributed by atoms with Gasteiger partial charge in [-0.3, -0.25) is 9.59 Å². The Morgan fingerprint density at radius 1 is 1.29 bits per heavy atom. The Morgan fingerprint density at radius 3 is 2.67 bits per heavy atom. The van der Waals surface area contributed by atoms with Crippen LogP contribution in [0, 0.1) is 5.92 Å². The highest BCUT2D eigenvalue weighted by atomic mass is 16.4. The van der Waals surface area contributed by atoms with Gasteiger partial charge in [0, 0.05) is 52.0 Å². The monoisotopic (exact) mass is 337 g/mol. The summed E-state index contributed by atoms with van der Waals surface area (Å²) in [5, 5.41) is 10.6. The SMILES string of the molecule is CNC(=O)[C@@H]1CN(C)CCN(C(=O)CCc2nnc(C(C)C)o2)C1. The summed E-state index contributed by atoms with van der Waals surface area (Å²) in [6.07, 6.45) is 0.736. The van der Waals surface area contributed by atoms with Gasteiger partial charge in [0.25, 0.3) is 0 Å². The first-order valence-corrected chi connectivity index (χ1v) is 8.41. The van der Waals surface area contributed by atoms with Crippen molar-refractivity contribution in [3.63, 3.8) is 0 Å². The number of aromatic nitrogens is 2. The van der Waals surface area contributed by atoms with Gasteiger partial charge in [-0.1, -0.05) is 13.8 Å². The molecule has 1 atom stereocenters. The summed E-state index contributed by atoms with van der Waals surface area (Å²) >= 11 is 0. The largest absolute Gasteiger partial charge is 0.425 e. The highest BCUT2D eigenvalue weighted by Gasteiger charge is 2.28. The second-order valence-electron chi connectivity index (χ2n) is 6.60. The molecule has 1 aliphatic rings. The van der Waals surface area contributed by atoms with E-state index in [0.717, 1.165) is 6.54 Å². The predicted molar refractivity (Wildman–Crippen MR) is 88.3 cm³/mol. The molecule has 0 aliphatic carbocycles. The number of likely N-dealkylation sites (N-methyl/N-ethyl adjacent to an activating group) is 1. The minimum absolute atomic E-state index is 0.0171. The van der Waals surface area contributed by atoms with Crippen molar-refractivity contribution in [3.8, 4) is 0 Å². The van der Waals surface area contributed by atoms with Crippen LogP contribution in [-0.2, 0) is 16.0 Å². The van der Waals surface area contributed by atoms with Crippen LogP contribution >= 0.6 is 0 Å². The van der Waals surface area contributed by atoms with Crippen molar-refractivity contribution in [2.45, 2.75) is 32.6 Å². The molecule has 1 saturated heterocycles. The maximum absolute atomic E-state index is 12.5. The summed E-state index contributed by atoms with van der Waals surface area (Å²) in [5.41, 5.74) is 0. The molecule has 1 aliphatic heterocycles. The Hall–Kier alpha value is -1.96. The van der Waals surface area contributed by atoms with E-state index in [1.165, 1.54) is 0 Å². The van der Waals surface area contributed by atoms with Crippen molar-refractivity contribution in [1.82, 2.24) is 25.3 Å². The Balaban J connectivity index is 1.93. The lowest BCUT2D eigenvalue weighted by molar-refractivity contribution is -0.132. The number of carbonyl (C=O) groups excluding carboxylic acids is 2. The van der Waals surface area contributed by atoms with Crippen LogP contribution < -0.4 is 5.32 Å². The molecule has 1 aromatic heterocycles. The minimum Gasteiger partial charge on any atom is -0.425 e. The van der Waals surface area contributed by atoms with Crippen molar-refractivity contribution in [3.05, 3.63) is 11.8 Å². The first kappa shape index (κ1) is 18.4. The smallest absolute Gasteiger partial charge is 0.225 e. The molecule has 1 N–H and O–H groups in total. The number of aryl methyl sites for hydroxylation is 1. The van der Waals surface area contributed by atoms with Crippen LogP contribution in [0.1, 0.15) is 38.0 Å². The molecule has 1 fully saturated rings. The fraction of sp³-hybridized carbons (Fsp3) is 0.750. The van der Waals surface area contributed by atoms with Gasteiger partial charge < -0.3 is 19.5 Å². The third-order valence-electron chi connectivity index (χ3n) is 4.22. The van der Waals surface area contributed by atoms with Gasteiger partial charge in [-0.2, -0.15) is 0 Å². The van der Waals surface area contributed by atoms with E-state index in [0.29, 0.717) is 44.3 Å². The molecule has 2 heterocycles. The van der Waals surface area contributed by atoms with E-state index in [-0.39, 0.29) is 23.7 Å². The van der Waals surface area contributed by atoms with E-state index in [2.05, 4.69) is 20.4 Å². The zero-order valence-corrected chi connectivity index (χ0v) is 14.9. The van der Waals surface area contributed by atoms with Gasteiger partial charge in [0.05, 0.1) is 5.92 Å². The predicted octanol–water partition coefficient (Wildman–Crippen LogP) is 0.262. The van der Waals surface area contributed by atoms with Gasteiger partial charge in [-0.05, 0) is 7.05 Å². The molecule has 8 nitrogen and oxygen atoms in total. The average Bonchev–Trinajstić information content (AvgIpc) is 2.95. The molecule has 0 bridgehead atoms. The fourth-order valence-corrected chi connectivity index (χ4v) is 2.74. The number of hydrogen-bond acceptors (Lipinski definition) is 6. The Morgan fingerprint density at radius 2 is 2.04 bits per heavy atom. The molecular formula is C16H27N5O3. The first-order valence-electron chi connectivity index (χ1n) is 8.41. The van der Waals surface area contributed by atoms with Gasteiger partial charge in [0.1, 0.15) is 0 Å². The quantitative estimate of drug-likeness (QED) is 0.829. The maximum Gasteiger partial charge on any atom is 0.225 e. The molecule has 0 saturated carbocycles. The van der Waals surface area contributed by atoms with Crippen LogP contribution in [0.4, 0.5) is 0 Å². The summed E-state index contributed by atoms with van der Waals surface area (Å²) in [4.78, 5) is 28.3. The molecule has 0 radical (unpaired) electrons. The van der Waals surface area contributed by atoms with E-state index in [9.17, 15) is 9.59 Å². The molecule has 24 heavy (non-hydrogen) atoms. The maximum atomic E-state index is 12.5. The standard InChI is InChI=1S/C16H27N5O3/c1-11(2)16-19-18-13(24-16)5-6-14(22)21-8-7-20(4)9-12(10-21)15(23)17-3/h11-12H,5-10H2,1-4H3,(H,17,23)/t12-/m1/s1. The Labute approximate surface area is 142 Å². The second kappa shape index (κ2) is 8.23. The van der Waals surface area contributed by atoms with Crippen molar-refractivity contribution in [2.24, 2.45) is 5.92 Å². The van der Waals surface area contributed by atoms with E-state index in [4.69, 9.17) is 4.42 Å². The summed E-state index contributed by atoms with van der Waals surface area (Å²) < 4.78 is 5.54. The lowest BCUT2D eigenvalue weighted by Crippen LogP contribution is -2.41. The van der Waals surface area contributed by atoms with E-state index >= 15 is 0 Å². The van der Waals surface area contributed by atoms with Gasteiger partial charge in [0.2, 0.25) is 23.6 Å². The van der Waals surface area contributed by atoms with Gasteiger partial charge >= 0.3 is 0 Å². The van der Waals surface area contributed by atoms with Crippen LogP contribution in [0.3, 0.4) is 0 Å². The van der Waals surface area contributed by atoms with Crippen molar-refractivity contribution in [1.29, 1.82) is 0 Å². The molecule has 8 heteroatoms. The number of amides is 2. The van der Waals surface area contributed by atoms with Gasteiger partial charge in [0.15, 0.2) is 0 Å². The molecule has 1 aromatic rings. The summed E-state index contributed by atoms with van der Waals surface area (Å²) in [6, 6.07) is 0. The fourth-order valence-electron chi connectivity index (χ4n) is 2.74. The lowest BCUT2D eigenvalue weighted by Gasteiger charge is -2.23. The van der Waals surface area contributed by atoms with E-state index < -0.39 is 0 Å². The summed E-state index contributed by atoms with van der Waals surface area (Å²) in [6.45, 7) is 6.46. The molecule has 0 spiro atoms. The third kappa shape index (κ3) is 4.77. The van der Waals surface area contributed by atoms with Crippen LogP contribution in [0.15, 0.2) is 4.42 Å². The highest BCUT2D eigenvalue weighted by Crippen LogP contribution is 2.14. The van der Waals surface area contributed by atoms with Crippen molar-refractivity contribution < 1.29 is 14.0 Å². The van der Waals surface area contributed by atoms with Crippen LogP contribution in [0.25, 0.3) is 0 Å². The van der Waals surface area contributed by atoms with Crippen LogP contribution in [0.5, 0.6) is 0 Å². The number of nitrogens with one attached hydrogen (secondary N) is 1. The van der Waals surface area contributed by atoms with Crippen molar-refractivity contribution >= 4 is 11.8 Å². The molecule has 0 aromatic carbocycles. The molecule has 134 valence electrons. The van der Waals surface area contributed by atoms with Gasteiger partial charge in [-0.25, -0.2) is 0 Å². The van der Waals surface area contributed by atoms with Gasteiger partial charge in [-0.15, -0.1) is 10.2 Å². The van der Waals surface area contributed by atoms with E-state index in [1.54, 1.807) is 11.9 Å². The zero-order chi connectivity index (χ0) is 17.7. The highest BCUT2D eigenvalue weighted by molar-refractivity contribution is 5.81. The molecule has 2 amide bonds. The molecule has 2 rings (SSSR count). The minimum atomic E-state index is -0.206. The zero-order valence-electron chi connectivity index (χ0n) is 14.9. The Bertz CT molecular complexity index is 572. The van der Waals surface area contributed by atoms with E-state index in [1.807, 2.05) is 20.9 Å². The topological polar surface area (TPSA) is 91.6 Å². The third-order valence-corrected chi connectivity index (χ3v) is 4.22. The molecule has 0 unspecified atom stereocenters. The Kier molecular flexibility index (Phi) is 6.30. The normalized spacial score (nSPS) is 19.4. The number of nitrogens with zero attached hydrogens (tertiary/aromatic N) is 4. The van der Waals surface area contributed by atoms with Crippen LogP contribution in [-0.4, -0.2) is 72.1 Å². The van der Waals surface area contributed by atoms with Crippen molar-refractivity contribution in [2.75, 3.05) is 40.3 Å². The average molecular weight is 337 g/mol. The summed E-state index contributed by atoms with van der Waals surface area (Å²) in [7, 11) is 3.59. The number of carbonyl (C=O) groups is 2. The molecular weight excluding hydrogens is 310 g/mol. The number of hydrogen-bond donors (Lipinski definition) is 1.